The largest absolute Gasteiger partial charge is 0.497 e. The Hall–Kier alpha value is -3.55. The van der Waals surface area contributed by atoms with E-state index in [1.807, 2.05) is 24.3 Å². The van der Waals surface area contributed by atoms with E-state index in [-0.39, 0.29) is 17.8 Å². The predicted molar refractivity (Wildman–Crippen MR) is 90.0 cm³/mol. The van der Waals surface area contributed by atoms with Gasteiger partial charge in [-0.15, -0.1) is 0 Å². The molecule has 0 aliphatic heterocycles. The summed E-state index contributed by atoms with van der Waals surface area (Å²) in [4.78, 5) is 31.4. The number of benzene rings is 1. The second kappa shape index (κ2) is 7.35. The van der Waals surface area contributed by atoms with Crippen molar-refractivity contribution in [3.05, 3.63) is 70.5 Å². The highest BCUT2D eigenvalue weighted by molar-refractivity contribution is 5.91. The molecule has 2 heterocycles. The molecule has 0 bridgehead atoms. The molecule has 0 atom stereocenters. The van der Waals surface area contributed by atoms with Crippen LogP contribution in [-0.2, 0) is 6.54 Å². The minimum atomic E-state index is -0.402. The van der Waals surface area contributed by atoms with Gasteiger partial charge in [0.15, 0.2) is 0 Å². The standard InChI is InChI=1S/C17H15N5O3/c1-25-13-4-2-11(3-5-13)15-8-12(19-10-20-15)9-18-17(24)14-6-7-16(23)22-21-14/h2-8,10H,9H2,1H3,(H,18,24)(H,22,23). The van der Waals surface area contributed by atoms with Crippen molar-refractivity contribution in [3.8, 4) is 17.0 Å². The van der Waals surface area contributed by atoms with E-state index >= 15 is 0 Å². The van der Waals surface area contributed by atoms with Crippen LogP contribution in [0.5, 0.6) is 5.75 Å². The van der Waals surface area contributed by atoms with E-state index < -0.39 is 5.91 Å². The number of aromatic nitrogens is 4. The molecule has 25 heavy (non-hydrogen) atoms. The second-order valence-electron chi connectivity index (χ2n) is 5.11. The fraction of sp³-hybridized carbons (Fsp3) is 0.118. The van der Waals surface area contributed by atoms with Crippen LogP contribution in [0.4, 0.5) is 0 Å². The fourth-order valence-corrected chi connectivity index (χ4v) is 2.15. The first kappa shape index (κ1) is 16.3. The molecule has 0 unspecified atom stereocenters. The first-order valence-corrected chi connectivity index (χ1v) is 7.45. The van der Waals surface area contributed by atoms with Gasteiger partial charge in [0.05, 0.1) is 25.0 Å². The quantitative estimate of drug-likeness (QED) is 0.723. The zero-order chi connectivity index (χ0) is 17.6. The van der Waals surface area contributed by atoms with Crippen molar-refractivity contribution in [1.29, 1.82) is 0 Å². The number of nitrogens with one attached hydrogen (secondary N) is 2. The zero-order valence-corrected chi connectivity index (χ0v) is 13.4. The summed E-state index contributed by atoms with van der Waals surface area (Å²) in [6, 6.07) is 11.9. The van der Waals surface area contributed by atoms with E-state index in [9.17, 15) is 9.59 Å². The van der Waals surface area contributed by atoms with Crippen LogP contribution in [0, 0.1) is 0 Å². The molecule has 0 aliphatic carbocycles. The van der Waals surface area contributed by atoms with Gasteiger partial charge in [0.2, 0.25) is 0 Å². The van der Waals surface area contributed by atoms with E-state index in [0.717, 1.165) is 17.0 Å². The van der Waals surface area contributed by atoms with Crippen LogP contribution in [-0.4, -0.2) is 33.2 Å². The molecule has 0 fully saturated rings. The molecule has 3 aromatic rings. The second-order valence-corrected chi connectivity index (χ2v) is 5.11. The molecule has 0 spiro atoms. The summed E-state index contributed by atoms with van der Waals surface area (Å²) in [5.41, 5.74) is 2.07. The number of methoxy groups -OCH3 is 1. The summed E-state index contributed by atoms with van der Waals surface area (Å²) in [5.74, 6) is 0.361. The van der Waals surface area contributed by atoms with Crippen LogP contribution in [0.1, 0.15) is 16.2 Å². The summed E-state index contributed by atoms with van der Waals surface area (Å²) in [7, 11) is 1.61. The normalized spacial score (nSPS) is 10.3. The summed E-state index contributed by atoms with van der Waals surface area (Å²) in [5, 5.41) is 8.59. The van der Waals surface area contributed by atoms with E-state index in [4.69, 9.17) is 4.74 Å². The molecule has 1 aromatic carbocycles. The number of H-pyrrole nitrogens is 1. The van der Waals surface area contributed by atoms with Crippen molar-refractivity contribution in [2.24, 2.45) is 0 Å². The SMILES string of the molecule is COc1ccc(-c2cc(CNC(=O)c3ccc(=O)[nH]n3)ncn2)cc1. The van der Waals surface area contributed by atoms with Gasteiger partial charge in [-0.2, -0.15) is 5.10 Å². The molecule has 0 saturated heterocycles. The van der Waals surface area contributed by atoms with Gasteiger partial charge in [-0.3, -0.25) is 9.59 Å². The number of hydrogen-bond acceptors (Lipinski definition) is 6. The van der Waals surface area contributed by atoms with E-state index in [1.165, 1.54) is 18.5 Å². The number of nitrogens with zero attached hydrogens (tertiary/aromatic N) is 3. The summed E-state index contributed by atoms with van der Waals surface area (Å²) < 4.78 is 5.13. The fourth-order valence-electron chi connectivity index (χ4n) is 2.15. The Bertz CT molecular complexity index is 917. The lowest BCUT2D eigenvalue weighted by Crippen LogP contribution is -2.25. The first-order chi connectivity index (χ1) is 12.2. The van der Waals surface area contributed by atoms with Crippen LogP contribution in [0.15, 0.2) is 53.6 Å². The highest BCUT2D eigenvalue weighted by Crippen LogP contribution is 2.20. The molecule has 0 radical (unpaired) electrons. The maximum absolute atomic E-state index is 12.0. The van der Waals surface area contributed by atoms with Crippen LogP contribution < -0.4 is 15.6 Å². The number of carbonyl (C=O) groups is 1. The van der Waals surface area contributed by atoms with E-state index in [1.54, 1.807) is 13.2 Å². The van der Waals surface area contributed by atoms with Gasteiger partial charge in [0.1, 0.15) is 17.8 Å². The van der Waals surface area contributed by atoms with Gasteiger partial charge in [0.25, 0.3) is 11.5 Å². The van der Waals surface area contributed by atoms with Gasteiger partial charge in [-0.05, 0) is 36.4 Å². The Balaban J connectivity index is 1.69. The topological polar surface area (TPSA) is 110 Å². The number of rotatable bonds is 5. The van der Waals surface area contributed by atoms with Crippen molar-refractivity contribution in [1.82, 2.24) is 25.5 Å². The number of ether oxygens (including phenoxy) is 1. The lowest BCUT2D eigenvalue weighted by molar-refractivity contribution is 0.0944. The molecule has 2 aromatic heterocycles. The third-order valence-corrected chi connectivity index (χ3v) is 3.45. The Morgan fingerprint density at radius 2 is 1.96 bits per heavy atom. The number of aromatic amines is 1. The molecule has 8 nitrogen and oxygen atoms in total. The third-order valence-electron chi connectivity index (χ3n) is 3.45. The van der Waals surface area contributed by atoms with Gasteiger partial charge in [0, 0.05) is 11.6 Å². The van der Waals surface area contributed by atoms with Crippen molar-refractivity contribution in [3.63, 3.8) is 0 Å². The minimum absolute atomic E-state index is 0.129. The van der Waals surface area contributed by atoms with Crippen LogP contribution in [0.2, 0.25) is 0 Å². The van der Waals surface area contributed by atoms with Crippen LogP contribution >= 0.6 is 0 Å². The molecule has 3 rings (SSSR count). The monoisotopic (exact) mass is 337 g/mol. The molecule has 8 heteroatoms. The summed E-state index contributed by atoms with van der Waals surface area (Å²) in [6.07, 6.45) is 1.44. The first-order valence-electron chi connectivity index (χ1n) is 7.45. The molecular weight excluding hydrogens is 322 g/mol. The number of amides is 1. The summed E-state index contributed by atoms with van der Waals surface area (Å²) >= 11 is 0. The summed E-state index contributed by atoms with van der Waals surface area (Å²) in [6.45, 7) is 0.214. The van der Waals surface area contributed by atoms with Gasteiger partial charge in [-0.1, -0.05) is 0 Å². The third kappa shape index (κ3) is 4.05. The van der Waals surface area contributed by atoms with Gasteiger partial charge in [-0.25, -0.2) is 15.1 Å². The van der Waals surface area contributed by atoms with Crippen molar-refractivity contribution in [2.45, 2.75) is 6.54 Å². The van der Waals surface area contributed by atoms with Crippen molar-refractivity contribution < 1.29 is 9.53 Å². The Labute approximate surface area is 142 Å². The van der Waals surface area contributed by atoms with Crippen molar-refractivity contribution in [2.75, 3.05) is 7.11 Å². The average Bonchev–Trinajstić information content (AvgIpc) is 2.67. The minimum Gasteiger partial charge on any atom is -0.497 e. The Kier molecular flexibility index (Phi) is 4.79. The lowest BCUT2D eigenvalue weighted by atomic mass is 10.1. The smallest absolute Gasteiger partial charge is 0.272 e. The lowest BCUT2D eigenvalue weighted by Gasteiger charge is -2.06. The van der Waals surface area contributed by atoms with Crippen LogP contribution in [0.3, 0.4) is 0 Å². The Morgan fingerprint density at radius 1 is 1.16 bits per heavy atom. The van der Waals surface area contributed by atoms with Crippen molar-refractivity contribution >= 4 is 5.91 Å². The van der Waals surface area contributed by atoms with Gasteiger partial charge < -0.3 is 10.1 Å². The molecule has 126 valence electrons. The molecule has 0 aliphatic rings. The highest BCUT2D eigenvalue weighted by atomic mass is 16.5. The maximum Gasteiger partial charge on any atom is 0.272 e. The zero-order valence-electron chi connectivity index (χ0n) is 13.4. The molecular formula is C17H15N5O3. The number of hydrogen-bond donors (Lipinski definition) is 2. The van der Waals surface area contributed by atoms with E-state index in [0.29, 0.717) is 5.69 Å². The predicted octanol–water partition coefficient (Wildman–Crippen LogP) is 1.17. The average molecular weight is 337 g/mol. The highest BCUT2D eigenvalue weighted by Gasteiger charge is 2.08. The Morgan fingerprint density at radius 3 is 2.64 bits per heavy atom. The molecule has 2 N–H and O–H groups in total. The van der Waals surface area contributed by atoms with Crippen LogP contribution in [0.25, 0.3) is 11.3 Å². The maximum atomic E-state index is 12.0. The molecule has 1 amide bonds. The number of carbonyl (C=O) groups excluding carboxylic acids is 1. The molecule has 0 saturated carbocycles. The van der Waals surface area contributed by atoms with E-state index in [2.05, 4.69) is 25.5 Å². The van der Waals surface area contributed by atoms with Gasteiger partial charge >= 0.3 is 0 Å².